The third-order valence-electron chi connectivity index (χ3n) is 3.82. The van der Waals surface area contributed by atoms with E-state index in [4.69, 9.17) is 10.5 Å². The zero-order valence-corrected chi connectivity index (χ0v) is 10.1. The van der Waals surface area contributed by atoms with Crippen molar-refractivity contribution >= 4 is 5.91 Å². The van der Waals surface area contributed by atoms with E-state index < -0.39 is 0 Å². The lowest BCUT2D eigenvalue weighted by atomic mass is 10.1. The maximum atomic E-state index is 11.8. The van der Waals surface area contributed by atoms with Crippen molar-refractivity contribution in [2.45, 2.75) is 50.4 Å². The molecular formula is C12H22N2O3. The van der Waals surface area contributed by atoms with E-state index in [1.165, 1.54) is 0 Å². The number of hydrogen-bond donors (Lipinski definition) is 3. The number of ether oxygens (including phenoxy) is 1. The van der Waals surface area contributed by atoms with Gasteiger partial charge in [-0.15, -0.1) is 0 Å². The number of aliphatic hydroxyl groups excluding tert-OH is 1. The van der Waals surface area contributed by atoms with Gasteiger partial charge in [0.1, 0.15) is 6.10 Å². The first kappa shape index (κ1) is 12.8. The quantitative estimate of drug-likeness (QED) is 0.636. The summed E-state index contributed by atoms with van der Waals surface area (Å²) in [5, 5.41) is 12.5. The molecule has 4 atom stereocenters. The van der Waals surface area contributed by atoms with Crippen molar-refractivity contribution in [1.29, 1.82) is 0 Å². The van der Waals surface area contributed by atoms with Crippen LogP contribution in [0.15, 0.2) is 0 Å². The van der Waals surface area contributed by atoms with Gasteiger partial charge in [-0.05, 0) is 25.7 Å². The van der Waals surface area contributed by atoms with Crippen LogP contribution < -0.4 is 11.1 Å². The number of nitrogens with one attached hydrogen (secondary N) is 1. The summed E-state index contributed by atoms with van der Waals surface area (Å²) in [7, 11) is 0. The Hall–Kier alpha value is -0.650. The average molecular weight is 242 g/mol. The minimum atomic E-state index is -0.345. The Morgan fingerprint density at radius 3 is 2.76 bits per heavy atom. The molecule has 0 aromatic rings. The molecule has 98 valence electrons. The van der Waals surface area contributed by atoms with Crippen LogP contribution in [-0.2, 0) is 9.53 Å². The highest BCUT2D eigenvalue weighted by atomic mass is 16.5. The van der Waals surface area contributed by atoms with Gasteiger partial charge >= 0.3 is 0 Å². The Bertz CT molecular complexity index is 272. The normalized spacial score (nSPS) is 37.3. The summed E-state index contributed by atoms with van der Waals surface area (Å²) in [5.41, 5.74) is 5.50. The third kappa shape index (κ3) is 3.18. The van der Waals surface area contributed by atoms with Crippen molar-refractivity contribution in [3.63, 3.8) is 0 Å². The standard InChI is InChI=1S/C12H22N2O3/c13-6-9-4-5-11(17-9)12(16)14-7-8-2-1-3-10(8)15/h8-11,15H,1-7,13H2,(H,14,16)/t8?,9-,10?,11+/m1/s1. The van der Waals surface area contributed by atoms with Crippen molar-refractivity contribution in [3.8, 4) is 0 Å². The lowest BCUT2D eigenvalue weighted by Gasteiger charge is -2.17. The van der Waals surface area contributed by atoms with E-state index in [1.807, 2.05) is 0 Å². The van der Waals surface area contributed by atoms with Gasteiger partial charge < -0.3 is 20.9 Å². The number of amides is 1. The summed E-state index contributed by atoms with van der Waals surface area (Å²) in [4.78, 5) is 11.8. The summed E-state index contributed by atoms with van der Waals surface area (Å²) in [5.74, 6) is 0.158. The van der Waals surface area contributed by atoms with Gasteiger partial charge in [-0.1, -0.05) is 6.42 Å². The molecule has 1 saturated heterocycles. The summed E-state index contributed by atoms with van der Waals surface area (Å²) < 4.78 is 5.51. The molecule has 2 unspecified atom stereocenters. The van der Waals surface area contributed by atoms with E-state index >= 15 is 0 Å². The lowest BCUT2D eigenvalue weighted by Crippen LogP contribution is -2.39. The highest BCUT2D eigenvalue weighted by Crippen LogP contribution is 2.25. The van der Waals surface area contributed by atoms with Gasteiger partial charge in [-0.3, -0.25) is 4.79 Å². The predicted octanol–water partition coefficient (Wildman–Crippen LogP) is -0.230. The van der Waals surface area contributed by atoms with Crippen molar-refractivity contribution < 1.29 is 14.6 Å². The Morgan fingerprint density at radius 1 is 1.35 bits per heavy atom. The molecular weight excluding hydrogens is 220 g/mol. The van der Waals surface area contributed by atoms with Crippen LogP contribution in [-0.4, -0.2) is 42.4 Å². The van der Waals surface area contributed by atoms with Gasteiger partial charge in [0.25, 0.3) is 0 Å². The molecule has 17 heavy (non-hydrogen) atoms. The molecule has 0 radical (unpaired) electrons. The van der Waals surface area contributed by atoms with E-state index in [0.29, 0.717) is 13.1 Å². The molecule has 1 heterocycles. The van der Waals surface area contributed by atoms with Crippen LogP contribution >= 0.6 is 0 Å². The summed E-state index contributed by atoms with van der Waals surface area (Å²) in [6, 6.07) is 0. The molecule has 0 bridgehead atoms. The van der Waals surface area contributed by atoms with Crippen molar-refractivity contribution in [3.05, 3.63) is 0 Å². The first-order chi connectivity index (χ1) is 8.20. The minimum Gasteiger partial charge on any atom is -0.393 e. The third-order valence-corrected chi connectivity index (χ3v) is 3.82. The molecule has 0 spiro atoms. The van der Waals surface area contributed by atoms with E-state index in [1.54, 1.807) is 0 Å². The zero-order chi connectivity index (χ0) is 12.3. The average Bonchev–Trinajstić information content (AvgIpc) is 2.94. The monoisotopic (exact) mass is 242 g/mol. The summed E-state index contributed by atoms with van der Waals surface area (Å²) >= 11 is 0. The predicted molar refractivity (Wildman–Crippen MR) is 63.3 cm³/mol. The van der Waals surface area contributed by atoms with Crippen LogP contribution in [0, 0.1) is 5.92 Å². The van der Waals surface area contributed by atoms with E-state index in [9.17, 15) is 9.90 Å². The van der Waals surface area contributed by atoms with E-state index in [2.05, 4.69) is 5.32 Å². The fourth-order valence-electron chi connectivity index (χ4n) is 2.67. The number of carbonyl (C=O) groups is 1. The van der Waals surface area contributed by atoms with Crippen LogP contribution in [0.3, 0.4) is 0 Å². The van der Waals surface area contributed by atoms with Crippen molar-refractivity contribution in [2.24, 2.45) is 11.7 Å². The molecule has 0 aromatic heterocycles. The topological polar surface area (TPSA) is 84.6 Å². The maximum absolute atomic E-state index is 11.8. The number of nitrogens with two attached hydrogens (primary N) is 1. The fraction of sp³-hybridized carbons (Fsp3) is 0.917. The Labute approximate surface area is 102 Å². The molecule has 2 fully saturated rings. The van der Waals surface area contributed by atoms with Gasteiger partial charge in [-0.25, -0.2) is 0 Å². The molecule has 1 aliphatic heterocycles. The van der Waals surface area contributed by atoms with Gasteiger partial charge in [0.2, 0.25) is 5.91 Å². The Kier molecular flexibility index (Phi) is 4.36. The fourth-order valence-corrected chi connectivity index (χ4v) is 2.67. The number of carbonyl (C=O) groups excluding carboxylic acids is 1. The molecule has 2 rings (SSSR count). The van der Waals surface area contributed by atoms with Crippen molar-refractivity contribution in [1.82, 2.24) is 5.32 Å². The molecule has 5 nitrogen and oxygen atoms in total. The smallest absolute Gasteiger partial charge is 0.249 e. The second kappa shape index (κ2) is 5.80. The molecule has 4 N–H and O–H groups in total. The van der Waals surface area contributed by atoms with E-state index in [-0.39, 0.29) is 30.1 Å². The van der Waals surface area contributed by atoms with E-state index in [0.717, 1.165) is 32.1 Å². The highest BCUT2D eigenvalue weighted by molar-refractivity contribution is 5.81. The van der Waals surface area contributed by atoms with Gasteiger partial charge in [0.15, 0.2) is 0 Å². The summed E-state index contributed by atoms with van der Waals surface area (Å²) in [6.45, 7) is 1.04. The molecule has 1 amide bonds. The Morgan fingerprint density at radius 2 is 2.18 bits per heavy atom. The number of aliphatic hydroxyl groups is 1. The first-order valence-electron chi connectivity index (χ1n) is 6.52. The first-order valence-corrected chi connectivity index (χ1v) is 6.52. The highest BCUT2D eigenvalue weighted by Gasteiger charge is 2.31. The van der Waals surface area contributed by atoms with Crippen LogP contribution in [0.2, 0.25) is 0 Å². The number of rotatable bonds is 4. The van der Waals surface area contributed by atoms with Gasteiger partial charge in [0.05, 0.1) is 12.2 Å². The zero-order valence-electron chi connectivity index (χ0n) is 10.1. The molecule has 1 saturated carbocycles. The van der Waals surface area contributed by atoms with Crippen LogP contribution in [0.25, 0.3) is 0 Å². The largest absolute Gasteiger partial charge is 0.393 e. The minimum absolute atomic E-state index is 0.0304. The van der Waals surface area contributed by atoms with Gasteiger partial charge in [-0.2, -0.15) is 0 Å². The van der Waals surface area contributed by atoms with Crippen LogP contribution in [0.1, 0.15) is 32.1 Å². The molecule has 1 aliphatic carbocycles. The summed E-state index contributed by atoms with van der Waals surface area (Å²) in [6.07, 6.45) is 3.95. The van der Waals surface area contributed by atoms with Crippen molar-refractivity contribution in [2.75, 3.05) is 13.1 Å². The molecule has 5 heteroatoms. The molecule has 0 aromatic carbocycles. The van der Waals surface area contributed by atoms with Crippen LogP contribution in [0.5, 0.6) is 0 Å². The number of hydrogen-bond acceptors (Lipinski definition) is 4. The van der Waals surface area contributed by atoms with Gasteiger partial charge in [0, 0.05) is 19.0 Å². The van der Waals surface area contributed by atoms with Crippen LogP contribution in [0.4, 0.5) is 0 Å². The second-order valence-electron chi connectivity index (χ2n) is 5.06. The Balaban J connectivity index is 1.70. The second-order valence-corrected chi connectivity index (χ2v) is 5.06. The molecule has 2 aliphatic rings. The SMILES string of the molecule is NC[C@H]1CC[C@@H](C(=O)NCC2CCCC2O)O1. The maximum Gasteiger partial charge on any atom is 0.249 e. The lowest BCUT2D eigenvalue weighted by molar-refractivity contribution is -0.132.